The Morgan fingerprint density at radius 2 is 2.08 bits per heavy atom. The topological polar surface area (TPSA) is 49.6 Å². The smallest absolute Gasteiger partial charge is 0.226 e. The second-order valence-corrected chi connectivity index (χ2v) is 6.75. The van der Waals surface area contributed by atoms with E-state index in [2.05, 4.69) is 16.0 Å². The van der Waals surface area contributed by atoms with E-state index in [0.29, 0.717) is 12.5 Å². The van der Waals surface area contributed by atoms with E-state index in [1.54, 1.807) is 6.26 Å². The number of carbonyl (C=O) groups is 1. The maximum atomic E-state index is 12.9. The van der Waals surface area contributed by atoms with Crippen molar-refractivity contribution in [3.8, 4) is 0 Å². The first kappa shape index (κ1) is 15.4. The highest BCUT2D eigenvalue weighted by molar-refractivity contribution is 5.79. The molecule has 2 aromatic heterocycles. The lowest BCUT2D eigenvalue weighted by Crippen LogP contribution is -2.44. The molecule has 0 saturated carbocycles. The lowest BCUT2D eigenvalue weighted by Gasteiger charge is -2.35. The normalized spacial score (nSPS) is 19.2. The fraction of sp³-hybridized carbons (Fsp3) is 0.474. The van der Waals surface area contributed by atoms with Crippen LogP contribution in [0.5, 0.6) is 0 Å². The molecule has 1 fully saturated rings. The molecule has 0 spiro atoms. The molecular formula is C19H23N3O2. The number of pyridine rings is 1. The Labute approximate surface area is 142 Å². The SMILES string of the molecule is O=C(C1CCN(Cc2ccco2)CC1)N1CCc2ncccc2C1. The van der Waals surface area contributed by atoms with Gasteiger partial charge in [0.05, 0.1) is 12.8 Å². The molecule has 0 aromatic carbocycles. The number of furan rings is 1. The zero-order chi connectivity index (χ0) is 16.4. The quantitative estimate of drug-likeness (QED) is 0.870. The highest BCUT2D eigenvalue weighted by Gasteiger charge is 2.30. The van der Waals surface area contributed by atoms with Crippen LogP contribution in [-0.2, 0) is 24.3 Å². The Morgan fingerprint density at radius 3 is 2.88 bits per heavy atom. The summed E-state index contributed by atoms with van der Waals surface area (Å²) in [6, 6.07) is 7.98. The maximum Gasteiger partial charge on any atom is 0.226 e. The van der Waals surface area contributed by atoms with Gasteiger partial charge in [0, 0.05) is 37.3 Å². The highest BCUT2D eigenvalue weighted by Crippen LogP contribution is 2.24. The van der Waals surface area contributed by atoms with E-state index in [4.69, 9.17) is 4.42 Å². The summed E-state index contributed by atoms with van der Waals surface area (Å²) in [5, 5.41) is 0. The number of rotatable bonds is 3. The molecule has 0 aliphatic carbocycles. The Kier molecular flexibility index (Phi) is 4.34. The summed E-state index contributed by atoms with van der Waals surface area (Å²) >= 11 is 0. The van der Waals surface area contributed by atoms with Crippen LogP contribution in [0.3, 0.4) is 0 Å². The van der Waals surface area contributed by atoms with Gasteiger partial charge in [-0.05, 0) is 49.7 Å². The van der Waals surface area contributed by atoms with Crippen molar-refractivity contribution in [1.29, 1.82) is 0 Å². The lowest BCUT2D eigenvalue weighted by atomic mass is 9.94. The van der Waals surface area contributed by atoms with Crippen molar-refractivity contribution in [2.75, 3.05) is 19.6 Å². The molecule has 4 heterocycles. The van der Waals surface area contributed by atoms with Crippen molar-refractivity contribution < 1.29 is 9.21 Å². The molecule has 1 saturated heterocycles. The molecule has 4 rings (SSSR count). The van der Waals surface area contributed by atoms with Crippen LogP contribution in [-0.4, -0.2) is 40.3 Å². The Morgan fingerprint density at radius 1 is 1.21 bits per heavy atom. The molecule has 2 aliphatic heterocycles. The Balaban J connectivity index is 1.32. The average Bonchev–Trinajstić information content (AvgIpc) is 3.14. The monoisotopic (exact) mass is 325 g/mol. The van der Waals surface area contributed by atoms with E-state index in [9.17, 15) is 4.79 Å². The number of hydrogen-bond donors (Lipinski definition) is 0. The standard InChI is InChI=1S/C19H23N3O2/c23-19(22-11-7-18-16(13-22)3-1-8-20-18)15-5-9-21(10-6-15)14-17-4-2-12-24-17/h1-4,8,12,15H,5-7,9-11,13-14H2. The van der Waals surface area contributed by atoms with Gasteiger partial charge in [0.15, 0.2) is 0 Å². The number of amides is 1. The lowest BCUT2D eigenvalue weighted by molar-refractivity contribution is -0.138. The number of piperidine rings is 1. The number of fused-ring (bicyclic) bond motifs is 1. The molecule has 0 radical (unpaired) electrons. The number of carbonyl (C=O) groups excluding carboxylic acids is 1. The van der Waals surface area contributed by atoms with Crippen LogP contribution in [0.4, 0.5) is 0 Å². The summed E-state index contributed by atoms with van der Waals surface area (Å²) < 4.78 is 5.42. The molecule has 5 heteroatoms. The molecule has 0 bridgehead atoms. The van der Waals surface area contributed by atoms with Crippen molar-refractivity contribution >= 4 is 5.91 Å². The van der Waals surface area contributed by atoms with Gasteiger partial charge in [-0.1, -0.05) is 6.07 Å². The van der Waals surface area contributed by atoms with Crippen LogP contribution in [0.2, 0.25) is 0 Å². The average molecular weight is 325 g/mol. The predicted octanol–water partition coefficient (Wildman–Crippen LogP) is 2.47. The van der Waals surface area contributed by atoms with E-state index in [0.717, 1.165) is 56.9 Å². The molecule has 0 N–H and O–H groups in total. The van der Waals surface area contributed by atoms with Gasteiger partial charge in [0.2, 0.25) is 5.91 Å². The molecule has 5 nitrogen and oxygen atoms in total. The molecule has 2 aromatic rings. The van der Waals surface area contributed by atoms with Gasteiger partial charge in [-0.3, -0.25) is 14.7 Å². The number of nitrogens with zero attached hydrogens (tertiary/aromatic N) is 3. The Bertz CT molecular complexity index is 690. The number of aromatic nitrogens is 1. The zero-order valence-corrected chi connectivity index (χ0v) is 13.9. The van der Waals surface area contributed by atoms with Crippen molar-refractivity contribution in [1.82, 2.24) is 14.8 Å². The fourth-order valence-corrected chi connectivity index (χ4v) is 3.77. The summed E-state index contributed by atoms with van der Waals surface area (Å²) in [5.41, 5.74) is 2.35. The van der Waals surface area contributed by atoms with Crippen LogP contribution in [0.25, 0.3) is 0 Å². The van der Waals surface area contributed by atoms with Crippen molar-refractivity contribution in [3.63, 3.8) is 0 Å². The van der Waals surface area contributed by atoms with Gasteiger partial charge in [0.25, 0.3) is 0 Å². The second kappa shape index (κ2) is 6.77. The van der Waals surface area contributed by atoms with E-state index in [-0.39, 0.29) is 5.92 Å². The summed E-state index contributed by atoms with van der Waals surface area (Å²) in [5.74, 6) is 1.48. The predicted molar refractivity (Wildman–Crippen MR) is 90.1 cm³/mol. The van der Waals surface area contributed by atoms with Crippen LogP contribution < -0.4 is 0 Å². The minimum Gasteiger partial charge on any atom is -0.468 e. The maximum absolute atomic E-state index is 12.9. The molecule has 24 heavy (non-hydrogen) atoms. The van der Waals surface area contributed by atoms with Crippen LogP contribution in [0.1, 0.15) is 29.9 Å². The van der Waals surface area contributed by atoms with Crippen LogP contribution in [0, 0.1) is 5.92 Å². The first-order valence-electron chi connectivity index (χ1n) is 8.76. The van der Waals surface area contributed by atoms with Gasteiger partial charge >= 0.3 is 0 Å². The van der Waals surface area contributed by atoms with Crippen molar-refractivity contribution in [2.24, 2.45) is 5.92 Å². The van der Waals surface area contributed by atoms with Crippen LogP contribution >= 0.6 is 0 Å². The van der Waals surface area contributed by atoms with Gasteiger partial charge in [-0.15, -0.1) is 0 Å². The van der Waals surface area contributed by atoms with E-state index in [1.807, 2.05) is 29.3 Å². The molecular weight excluding hydrogens is 302 g/mol. The third kappa shape index (κ3) is 3.22. The van der Waals surface area contributed by atoms with Crippen molar-refractivity contribution in [2.45, 2.75) is 32.4 Å². The molecule has 2 aliphatic rings. The van der Waals surface area contributed by atoms with E-state index >= 15 is 0 Å². The minimum absolute atomic E-state index is 0.163. The summed E-state index contributed by atoms with van der Waals surface area (Å²) in [6.45, 7) is 4.28. The number of hydrogen-bond acceptors (Lipinski definition) is 4. The first-order valence-corrected chi connectivity index (χ1v) is 8.76. The highest BCUT2D eigenvalue weighted by atomic mass is 16.3. The molecule has 126 valence electrons. The minimum atomic E-state index is 0.163. The molecule has 0 unspecified atom stereocenters. The summed E-state index contributed by atoms with van der Waals surface area (Å²) in [6.07, 6.45) is 6.31. The third-order valence-corrected chi connectivity index (χ3v) is 5.17. The first-order chi connectivity index (χ1) is 11.8. The molecule has 0 atom stereocenters. The van der Waals surface area contributed by atoms with E-state index < -0.39 is 0 Å². The van der Waals surface area contributed by atoms with Gasteiger partial charge in [0.1, 0.15) is 5.76 Å². The fourth-order valence-electron chi connectivity index (χ4n) is 3.77. The largest absolute Gasteiger partial charge is 0.468 e. The van der Waals surface area contributed by atoms with Crippen molar-refractivity contribution in [3.05, 3.63) is 53.7 Å². The summed E-state index contributed by atoms with van der Waals surface area (Å²) in [7, 11) is 0. The van der Waals surface area contributed by atoms with Crippen LogP contribution in [0.15, 0.2) is 41.1 Å². The van der Waals surface area contributed by atoms with Gasteiger partial charge in [-0.2, -0.15) is 0 Å². The Hall–Kier alpha value is -2.14. The zero-order valence-electron chi connectivity index (χ0n) is 13.9. The second-order valence-electron chi connectivity index (χ2n) is 6.75. The van der Waals surface area contributed by atoms with Gasteiger partial charge < -0.3 is 9.32 Å². The van der Waals surface area contributed by atoms with E-state index in [1.165, 1.54) is 5.56 Å². The third-order valence-electron chi connectivity index (χ3n) is 5.17. The van der Waals surface area contributed by atoms with Gasteiger partial charge in [-0.25, -0.2) is 0 Å². The summed E-state index contributed by atoms with van der Waals surface area (Å²) in [4.78, 5) is 21.7. The molecule has 1 amide bonds. The number of likely N-dealkylation sites (tertiary alicyclic amines) is 1.